The maximum Gasteiger partial charge on any atom is 0.316 e. The van der Waals surface area contributed by atoms with E-state index in [-0.39, 0.29) is 17.6 Å². The third-order valence-corrected chi connectivity index (χ3v) is 6.18. The zero-order valence-electron chi connectivity index (χ0n) is 15.1. The molecule has 0 unspecified atom stereocenters. The van der Waals surface area contributed by atoms with Gasteiger partial charge in [0.05, 0.1) is 12.9 Å². The van der Waals surface area contributed by atoms with Crippen molar-refractivity contribution < 1.29 is 14.3 Å². The number of hydrogen-bond donors (Lipinski definition) is 1. The van der Waals surface area contributed by atoms with E-state index in [2.05, 4.69) is 25.2 Å². The summed E-state index contributed by atoms with van der Waals surface area (Å²) in [6, 6.07) is 7.67. The number of benzene rings is 1. The maximum absolute atomic E-state index is 12.4. The minimum Gasteiger partial charge on any atom is -0.468 e. The van der Waals surface area contributed by atoms with Gasteiger partial charge in [0.15, 0.2) is 4.34 Å². The number of rotatable bonds is 7. The number of methoxy groups -OCH3 is 1. The minimum absolute atomic E-state index is 0.164. The van der Waals surface area contributed by atoms with Gasteiger partial charge >= 0.3 is 5.97 Å². The highest BCUT2D eigenvalue weighted by Gasteiger charge is 2.13. The van der Waals surface area contributed by atoms with Crippen LogP contribution in [-0.2, 0) is 16.1 Å². The number of aromatic nitrogens is 2. The van der Waals surface area contributed by atoms with Crippen LogP contribution >= 0.6 is 23.1 Å². The van der Waals surface area contributed by atoms with Crippen molar-refractivity contribution in [1.29, 1.82) is 0 Å². The molecule has 1 saturated heterocycles. The highest BCUT2D eigenvalue weighted by Crippen LogP contribution is 2.25. The van der Waals surface area contributed by atoms with Gasteiger partial charge in [-0.2, -0.15) is 0 Å². The van der Waals surface area contributed by atoms with Gasteiger partial charge in [0.2, 0.25) is 5.13 Å². The van der Waals surface area contributed by atoms with Crippen LogP contribution in [-0.4, -0.2) is 52.9 Å². The number of piperidine rings is 1. The van der Waals surface area contributed by atoms with Gasteiger partial charge in [0.1, 0.15) is 0 Å². The molecule has 1 amide bonds. The smallest absolute Gasteiger partial charge is 0.316 e. The Hall–Kier alpha value is -1.97. The van der Waals surface area contributed by atoms with E-state index in [1.807, 2.05) is 24.3 Å². The Morgan fingerprint density at radius 2 is 1.93 bits per heavy atom. The predicted octanol–water partition coefficient (Wildman–Crippen LogP) is 3.04. The summed E-state index contributed by atoms with van der Waals surface area (Å²) in [6.07, 6.45) is 3.86. The number of esters is 1. The van der Waals surface area contributed by atoms with Crippen LogP contribution in [0.1, 0.15) is 35.2 Å². The van der Waals surface area contributed by atoms with Crippen LogP contribution in [0.25, 0.3) is 0 Å². The number of anilines is 1. The fourth-order valence-electron chi connectivity index (χ4n) is 2.80. The topological polar surface area (TPSA) is 84.4 Å². The van der Waals surface area contributed by atoms with Crippen LogP contribution in [0, 0.1) is 0 Å². The molecular weight excluding hydrogens is 384 g/mol. The first kappa shape index (κ1) is 19.8. The van der Waals surface area contributed by atoms with E-state index in [4.69, 9.17) is 0 Å². The summed E-state index contributed by atoms with van der Waals surface area (Å²) >= 11 is 2.46. The fraction of sp³-hybridized carbons (Fsp3) is 0.444. The number of ether oxygens (including phenoxy) is 1. The lowest BCUT2D eigenvalue weighted by atomic mass is 10.1. The van der Waals surface area contributed by atoms with E-state index in [1.54, 1.807) is 0 Å². The summed E-state index contributed by atoms with van der Waals surface area (Å²) in [5.41, 5.74) is 1.79. The van der Waals surface area contributed by atoms with Gasteiger partial charge < -0.3 is 4.74 Å². The molecule has 2 aromatic rings. The molecule has 0 radical (unpaired) electrons. The second kappa shape index (κ2) is 9.82. The summed E-state index contributed by atoms with van der Waals surface area (Å²) in [4.78, 5) is 26.0. The van der Waals surface area contributed by atoms with Gasteiger partial charge in [-0.3, -0.25) is 19.8 Å². The second-order valence-electron chi connectivity index (χ2n) is 6.23. The molecule has 1 aliphatic rings. The van der Waals surface area contributed by atoms with E-state index in [0.29, 0.717) is 15.0 Å². The SMILES string of the molecule is COC(=O)CSc1nnc(NC(=O)c2ccc(CN3CCCCC3)cc2)s1. The zero-order valence-corrected chi connectivity index (χ0v) is 16.8. The largest absolute Gasteiger partial charge is 0.468 e. The molecule has 0 spiro atoms. The number of carbonyl (C=O) groups is 2. The molecule has 1 aromatic heterocycles. The van der Waals surface area contributed by atoms with Crippen LogP contribution in [0.4, 0.5) is 5.13 Å². The Kier molecular flexibility index (Phi) is 7.19. The molecule has 1 N–H and O–H groups in total. The highest BCUT2D eigenvalue weighted by atomic mass is 32.2. The van der Waals surface area contributed by atoms with Crippen molar-refractivity contribution in [2.24, 2.45) is 0 Å². The molecule has 1 aromatic carbocycles. The summed E-state index contributed by atoms with van der Waals surface area (Å²) in [7, 11) is 1.34. The molecule has 1 aliphatic heterocycles. The molecule has 0 aliphatic carbocycles. The third-order valence-electron chi connectivity index (χ3n) is 4.24. The number of carbonyl (C=O) groups excluding carboxylic acids is 2. The van der Waals surface area contributed by atoms with Gasteiger partial charge in [0.25, 0.3) is 5.91 Å². The molecule has 0 saturated carbocycles. The maximum atomic E-state index is 12.4. The summed E-state index contributed by atoms with van der Waals surface area (Å²) in [5, 5.41) is 11.0. The summed E-state index contributed by atoms with van der Waals surface area (Å²) < 4.78 is 5.19. The van der Waals surface area contributed by atoms with Crippen molar-refractivity contribution in [2.45, 2.75) is 30.1 Å². The van der Waals surface area contributed by atoms with Crippen LogP contribution in [0.3, 0.4) is 0 Å². The van der Waals surface area contributed by atoms with Crippen LogP contribution in [0.5, 0.6) is 0 Å². The molecular formula is C18H22N4O3S2. The third kappa shape index (κ3) is 6.02. The molecule has 27 heavy (non-hydrogen) atoms. The van der Waals surface area contributed by atoms with Crippen LogP contribution < -0.4 is 5.32 Å². The van der Waals surface area contributed by atoms with Crippen molar-refractivity contribution in [2.75, 3.05) is 31.3 Å². The minimum atomic E-state index is -0.328. The summed E-state index contributed by atoms with van der Waals surface area (Å²) in [6.45, 7) is 3.23. The molecule has 0 bridgehead atoms. The first-order valence-corrected chi connectivity index (χ1v) is 10.6. The number of hydrogen-bond acceptors (Lipinski definition) is 8. The Balaban J connectivity index is 1.51. The van der Waals surface area contributed by atoms with Gasteiger partial charge in [-0.15, -0.1) is 10.2 Å². The summed E-state index contributed by atoms with van der Waals surface area (Å²) in [5.74, 6) is -0.386. The van der Waals surface area contributed by atoms with E-state index < -0.39 is 0 Å². The van der Waals surface area contributed by atoms with E-state index >= 15 is 0 Å². The normalized spacial score (nSPS) is 14.7. The average molecular weight is 407 g/mol. The lowest BCUT2D eigenvalue weighted by Crippen LogP contribution is -2.29. The lowest BCUT2D eigenvalue weighted by molar-refractivity contribution is -0.137. The number of thioether (sulfide) groups is 1. The van der Waals surface area contributed by atoms with Crippen molar-refractivity contribution >= 4 is 40.1 Å². The zero-order chi connectivity index (χ0) is 19.1. The molecule has 7 nitrogen and oxygen atoms in total. The Morgan fingerprint density at radius 1 is 1.19 bits per heavy atom. The van der Waals surface area contributed by atoms with Crippen molar-refractivity contribution in [3.8, 4) is 0 Å². The van der Waals surface area contributed by atoms with Crippen molar-refractivity contribution in [3.05, 3.63) is 35.4 Å². The van der Waals surface area contributed by atoms with Gasteiger partial charge in [-0.05, 0) is 43.6 Å². The predicted molar refractivity (Wildman–Crippen MR) is 106 cm³/mol. The molecule has 144 valence electrons. The Labute approximate surface area is 166 Å². The lowest BCUT2D eigenvalue weighted by Gasteiger charge is -2.26. The van der Waals surface area contributed by atoms with Gasteiger partial charge in [-0.1, -0.05) is 41.7 Å². The Morgan fingerprint density at radius 3 is 2.63 bits per heavy atom. The number of likely N-dealkylation sites (tertiary alicyclic amines) is 1. The average Bonchev–Trinajstić information content (AvgIpc) is 3.14. The van der Waals surface area contributed by atoms with Gasteiger partial charge in [0, 0.05) is 12.1 Å². The number of nitrogens with zero attached hydrogens (tertiary/aromatic N) is 3. The molecule has 2 heterocycles. The second-order valence-corrected chi connectivity index (χ2v) is 8.43. The van der Waals surface area contributed by atoms with E-state index in [1.165, 1.54) is 55.0 Å². The van der Waals surface area contributed by atoms with Crippen LogP contribution in [0.15, 0.2) is 28.6 Å². The van der Waals surface area contributed by atoms with Crippen molar-refractivity contribution in [1.82, 2.24) is 15.1 Å². The first-order valence-electron chi connectivity index (χ1n) is 8.80. The number of amides is 1. The molecule has 0 atom stereocenters. The van der Waals surface area contributed by atoms with Crippen LogP contribution in [0.2, 0.25) is 0 Å². The fourth-order valence-corrected chi connectivity index (χ4v) is 4.38. The molecule has 9 heteroatoms. The van der Waals surface area contributed by atoms with E-state index in [9.17, 15) is 9.59 Å². The van der Waals surface area contributed by atoms with Crippen molar-refractivity contribution in [3.63, 3.8) is 0 Å². The first-order chi connectivity index (χ1) is 13.1. The van der Waals surface area contributed by atoms with Gasteiger partial charge in [-0.25, -0.2) is 0 Å². The monoisotopic (exact) mass is 406 g/mol. The molecule has 1 fully saturated rings. The standard InChI is InChI=1S/C18H22N4O3S2/c1-25-15(23)12-26-18-21-20-17(27-18)19-16(24)14-7-5-13(6-8-14)11-22-9-3-2-4-10-22/h5-8H,2-4,9-12H2,1H3,(H,19,20,24). The van der Waals surface area contributed by atoms with E-state index in [0.717, 1.165) is 19.6 Å². The molecule has 3 rings (SSSR count). The quantitative estimate of drug-likeness (QED) is 0.430. The highest BCUT2D eigenvalue weighted by molar-refractivity contribution is 8.01. The Bertz CT molecular complexity index is 773. The number of nitrogens with one attached hydrogen (secondary N) is 1.